The lowest BCUT2D eigenvalue weighted by molar-refractivity contribution is 0.00578. The van der Waals surface area contributed by atoms with Crippen LogP contribution in [0.1, 0.15) is 47.1 Å². The second-order valence-corrected chi connectivity index (χ2v) is 8.27. The zero-order valence-electron chi connectivity index (χ0n) is 14.1. The second-order valence-electron chi connectivity index (χ2n) is 7.24. The molecule has 0 bridgehead atoms. The zero-order valence-corrected chi connectivity index (χ0v) is 14.9. The van der Waals surface area contributed by atoms with E-state index in [2.05, 4.69) is 65.8 Å². The summed E-state index contributed by atoms with van der Waals surface area (Å²) < 4.78 is 12.2. The Labute approximate surface area is 134 Å². The van der Waals surface area contributed by atoms with Gasteiger partial charge in [0.2, 0.25) is 0 Å². The van der Waals surface area contributed by atoms with Gasteiger partial charge in [-0.15, -0.1) is 0 Å². The molecule has 1 aliphatic heterocycles. The SMILES string of the molecule is CC(C)CSCc1ccc(B2OC(C)(C)C(C)(C)O2)cc1. The van der Waals surface area contributed by atoms with Gasteiger partial charge >= 0.3 is 7.12 Å². The lowest BCUT2D eigenvalue weighted by Gasteiger charge is -2.32. The van der Waals surface area contributed by atoms with Crippen LogP contribution in [0.25, 0.3) is 0 Å². The fraction of sp³-hybridized carbons (Fsp3) is 0.647. The Hall–Kier alpha value is -0.445. The van der Waals surface area contributed by atoms with E-state index in [9.17, 15) is 0 Å². The Kier molecular flexibility index (Phi) is 5.12. The first kappa shape index (κ1) is 16.9. The van der Waals surface area contributed by atoms with Crippen molar-refractivity contribution in [3.05, 3.63) is 29.8 Å². The molecule has 0 unspecified atom stereocenters. The zero-order chi connectivity index (χ0) is 15.7. The molecule has 1 fully saturated rings. The van der Waals surface area contributed by atoms with Gasteiger partial charge in [-0.1, -0.05) is 38.1 Å². The maximum absolute atomic E-state index is 6.08. The summed E-state index contributed by atoms with van der Waals surface area (Å²) in [6, 6.07) is 8.64. The van der Waals surface area contributed by atoms with Gasteiger partial charge in [-0.05, 0) is 50.4 Å². The maximum atomic E-state index is 6.08. The minimum absolute atomic E-state index is 0.257. The van der Waals surface area contributed by atoms with Gasteiger partial charge in [0.15, 0.2) is 0 Å². The lowest BCUT2D eigenvalue weighted by Crippen LogP contribution is -2.41. The van der Waals surface area contributed by atoms with Crippen molar-refractivity contribution in [3.63, 3.8) is 0 Å². The van der Waals surface area contributed by atoms with Crippen molar-refractivity contribution in [2.75, 3.05) is 5.75 Å². The summed E-state index contributed by atoms with van der Waals surface area (Å²) in [6.45, 7) is 12.9. The van der Waals surface area contributed by atoms with Crippen molar-refractivity contribution >= 4 is 24.3 Å². The third kappa shape index (κ3) is 4.05. The quantitative estimate of drug-likeness (QED) is 0.769. The van der Waals surface area contributed by atoms with Crippen molar-refractivity contribution in [2.24, 2.45) is 5.92 Å². The largest absolute Gasteiger partial charge is 0.494 e. The van der Waals surface area contributed by atoms with Crippen molar-refractivity contribution in [1.29, 1.82) is 0 Å². The molecule has 1 aromatic rings. The Bertz CT molecular complexity index is 452. The van der Waals surface area contributed by atoms with Gasteiger partial charge in [-0.2, -0.15) is 11.8 Å². The van der Waals surface area contributed by atoms with Crippen LogP contribution in [0.15, 0.2) is 24.3 Å². The van der Waals surface area contributed by atoms with Crippen LogP contribution in [0.3, 0.4) is 0 Å². The van der Waals surface area contributed by atoms with Crippen LogP contribution < -0.4 is 5.46 Å². The number of hydrogen-bond acceptors (Lipinski definition) is 3. The number of benzene rings is 1. The third-order valence-electron chi connectivity index (χ3n) is 4.23. The van der Waals surface area contributed by atoms with E-state index in [0.717, 1.165) is 17.1 Å². The predicted octanol–water partition coefficient (Wildman–Crippen LogP) is 3.88. The molecular formula is C17H27BO2S. The standard InChI is InChI=1S/C17H27BO2S/c1-13(2)11-21-12-14-7-9-15(10-8-14)18-19-16(3,4)17(5,6)20-18/h7-10,13H,11-12H2,1-6H3. The normalized spacial score (nSPS) is 20.2. The first-order chi connectivity index (χ1) is 9.71. The monoisotopic (exact) mass is 306 g/mol. The van der Waals surface area contributed by atoms with Crippen molar-refractivity contribution in [3.8, 4) is 0 Å². The molecule has 21 heavy (non-hydrogen) atoms. The van der Waals surface area contributed by atoms with Gasteiger partial charge in [-0.25, -0.2) is 0 Å². The minimum atomic E-state index is -0.274. The molecular weight excluding hydrogens is 279 g/mol. The molecule has 1 aromatic carbocycles. The fourth-order valence-electron chi connectivity index (χ4n) is 2.16. The van der Waals surface area contributed by atoms with Crippen molar-refractivity contribution < 1.29 is 9.31 Å². The van der Waals surface area contributed by atoms with E-state index in [1.807, 2.05) is 11.8 Å². The maximum Gasteiger partial charge on any atom is 0.494 e. The summed E-state index contributed by atoms with van der Waals surface area (Å²) in [5, 5.41) is 0. The van der Waals surface area contributed by atoms with Crippen LogP contribution in [0, 0.1) is 5.92 Å². The molecule has 4 heteroatoms. The van der Waals surface area contributed by atoms with E-state index in [0.29, 0.717) is 0 Å². The van der Waals surface area contributed by atoms with E-state index in [4.69, 9.17) is 9.31 Å². The molecule has 1 heterocycles. The molecule has 0 radical (unpaired) electrons. The molecule has 0 aliphatic carbocycles. The Morgan fingerprint density at radius 2 is 1.52 bits per heavy atom. The summed E-state index contributed by atoms with van der Waals surface area (Å²) in [7, 11) is -0.257. The molecule has 1 saturated heterocycles. The first-order valence-corrected chi connectivity index (χ1v) is 8.89. The fourth-order valence-corrected chi connectivity index (χ4v) is 3.18. The first-order valence-electron chi connectivity index (χ1n) is 7.73. The van der Waals surface area contributed by atoms with Crippen molar-refractivity contribution in [2.45, 2.75) is 58.5 Å². The summed E-state index contributed by atoms with van der Waals surface area (Å²) in [5.41, 5.74) is 1.92. The number of hydrogen-bond donors (Lipinski definition) is 0. The van der Waals surface area contributed by atoms with Crippen LogP contribution in [-0.2, 0) is 15.1 Å². The van der Waals surface area contributed by atoms with Gasteiger partial charge in [0.05, 0.1) is 11.2 Å². The van der Waals surface area contributed by atoms with Gasteiger partial charge in [0, 0.05) is 5.75 Å². The van der Waals surface area contributed by atoms with Crippen LogP contribution in [0.4, 0.5) is 0 Å². The van der Waals surface area contributed by atoms with Crippen LogP contribution in [-0.4, -0.2) is 24.1 Å². The van der Waals surface area contributed by atoms with E-state index in [1.165, 1.54) is 11.3 Å². The van der Waals surface area contributed by atoms with Gasteiger partial charge in [0.1, 0.15) is 0 Å². The van der Waals surface area contributed by atoms with Crippen LogP contribution in [0.5, 0.6) is 0 Å². The van der Waals surface area contributed by atoms with Crippen LogP contribution in [0.2, 0.25) is 0 Å². The van der Waals surface area contributed by atoms with Gasteiger partial charge in [-0.3, -0.25) is 0 Å². The summed E-state index contributed by atoms with van der Waals surface area (Å²) >= 11 is 1.99. The molecule has 2 rings (SSSR count). The molecule has 0 saturated carbocycles. The molecule has 0 amide bonds. The Morgan fingerprint density at radius 3 is 2.00 bits per heavy atom. The summed E-state index contributed by atoms with van der Waals surface area (Å²) in [6.07, 6.45) is 0. The molecule has 1 aliphatic rings. The third-order valence-corrected chi connectivity index (χ3v) is 5.66. The van der Waals surface area contributed by atoms with E-state index in [1.54, 1.807) is 0 Å². The predicted molar refractivity (Wildman–Crippen MR) is 93.2 cm³/mol. The molecule has 0 aromatic heterocycles. The van der Waals surface area contributed by atoms with Gasteiger partial charge < -0.3 is 9.31 Å². The van der Waals surface area contributed by atoms with E-state index >= 15 is 0 Å². The minimum Gasteiger partial charge on any atom is -0.399 e. The lowest BCUT2D eigenvalue weighted by atomic mass is 9.79. The van der Waals surface area contributed by atoms with E-state index in [-0.39, 0.29) is 18.3 Å². The van der Waals surface area contributed by atoms with Crippen LogP contribution >= 0.6 is 11.8 Å². The average molecular weight is 306 g/mol. The van der Waals surface area contributed by atoms with E-state index < -0.39 is 0 Å². The molecule has 0 atom stereocenters. The highest BCUT2D eigenvalue weighted by molar-refractivity contribution is 7.98. The Morgan fingerprint density at radius 1 is 1.00 bits per heavy atom. The number of thioether (sulfide) groups is 1. The molecule has 0 N–H and O–H groups in total. The van der Waals surface area contributed by atoms with Gasteiger partial charge in [0.25, 0.3) is 0 Å². The second kappa shape index (κ2) is 6.35. The van der Waals surface area contributed by atoms with Crippen molar-refractivity contribution in [1.82, 2.24) is 0 Å². The topological polar surface area (TPSA) is 18.5 Å². The number of rotatable bonds is 5. The average Bonchev–Trinajstić information content (AvgIpc) is 2.59. The highest BCUT2D eigenvalue weighted by Crippen LogP contribution is 2.36. The highest BCUT2D eigenvalue weighted by Gasteiger charge is 2.51. The Balaban J connectivity index is 1.97. The molecule has 116 valence electrons. The smallest absolute Gasteiger partial charge is 0.399 e. The molecule has 2 nitrogen and oxygen atoms in total. The summed E-state index contributed by atoms with van der Waals surface area (Å²) in [5.74, 6) is 3.03. The highest BCUT2D eigenvalue weighted by atomic mass is 32.2. The summed E-state index contributed by atoms with van der Waals surface area (Å²) in [4.78, 5) is 0. The molecule has 0 spiro atoms.